The van der Waals surface area contributed by atoms with Gasteiger partial charge < -0.3 is 16.2 Å². The molecule has 1 amide bonds. The second kappa shape index (κ2) is 7.27. The normalized spacial score (nSPS) is 17.9. The molecule has 0 saturated heterocycles. The molecule has 5 nitrogen and oxygen atoms in total. The van der Waals surface area contributed by atoms with Crippen molar-refractivity contribution in [1.82, 2.24) is 5.32 Å². The third kappa shape index (κ3) is 4.73. The summed E-state index contributed by atoms with van der Waals surface area (Å²) >= 11 is 0. The van der Waals surface area contributed by atoms with Gasteiger partial charge in [0.25, 0.3) is 0 Å². The maximum absolute atomic E-state index is 11.8. The Morgan fingerprint density at radius 1 is 1.18 bits per heavy atom. The fourth-order valence-corrected chi connectivity index (χ4v) is 1.44. The Bertz CT molecular complexity index is 268. The highest BCUT2D eigenvalue weighted by atomic mass is 16.4. The molecule has 0 aromatic rings. The number of nitrogens with two attached hydrogens (primary N) is 1. The Kier molecular flexibility index (Phi) is 6.80. The molecule has 0 radical (unpaired) electrons. The molecule has 0 rings (SSSR count). The summed E-state index contributed by atoms with van der Waals surface area (Å²) in [6, 6.07) is -1.51. The van der Waals surface area contributed by atoms with Gasteiger partial charge in [-0.25, -0.2) is 4.79 Å². The topological polar surface area (TPSA) is 92.4 Å². The first kappa shape index (κ1) is 15.9. The van der Waals surface area contributed by atoms with Crippen LogP contribution in [0.5, 0.6) is 0 Å². The van der Waals surface area contributed by atoms with Gasteiger partial charge >= 0.3 is 5.97 Å². The van der Waals surface area contributed by atoms with E-state index >= 15 is 0 Å². The van der Waals surface area contributed by atoms with E-state index in [-0.39, 0.29) is 17.7 Å². The van der Waals surface area contributed by atoms with E-state index in [0.29, 0.717) is 6.42 Å². The summed E-state index contributed by atoms with van der Waals surface area (Å²) in [5.41, 5.74) is 5.76. The molecular weight excluding hydrogens is 220 g/mol. The van der Waals surface area contributed by atoms with Gasteiger partial charge in [-0.05, 0) is 11.8 Å². The largest absolute Gasteiger partial charge is 0.480 e. The molecule has 4 unspecified atom stereocenters. The molecule has 4 atom stereocenters. The number of carbonyl (C=O) groups excluding carboxylic acids is 1. The average molecular weight is 244 g/mol. The predicted octanol–water partition coefficient (Wildman–Crippen LogP) is 0.975. The fraction of sp³-hybridized carbons (Fsp3) is 0.833. The number of amides is 1. The van der Waals surface area contributed by atoms with Crippen LogP contribution >= 0.6 is 0 Å². The minimum atomic E-state index is -1.01. The molecule has 4 N–H and O–H groups in total. The van der Waals surface area contributed by atoms with E-state index in [1.54, 1.807) is 6.92 Å². The van der Waals surface area contributed by atoms with Gasteiger partial charge in [0.05, 0.1) is 6.04 Å². The Labute approximate surface area is 103 Å². The number of carboxylic acids is 1. The number of aliphatic carboxylic acids is 1. The van der Waals surface area contributed by atoms with Crippen molar-refractivity contribution in [1.29, 1.82) is 0 Å². The summed E-state index contributed by atoms with van der Waals surface area (Å²) < 4.78 is 0. The average Bonchev–Trinajstić information content (AvgIpc) is 2.32. The highest BCUT2D eigenvalue weighted by molar-refractivity contribution is 5.87. The maximum atomic E-state index is 11.8. The van der Waals surface area contributed by atoms with Gasteiger partial charge in [0, 0.05) is 0 Å². The zero-order valence-corrected chi connectivity index (χ0v) is 11.1. The van der Waals surface area contributed by atoms with Crippen molar-refractivity contribution in [2.24, 2.45) is 17.6 Å². The number of carboxylic acid groups (broad SMARTS) is 1. The van der Waals surface area contributed by atoms with Crippen molar-refractivity contribution < 1.29 is 14.7 Å². The second-order valence-corrected chi connectivity index (χ2v) is 4.62. The first-order chi connectivity index (χ1) is 7.84. The van der Waals surface area contributed by atoms with Crippen LogP contribution < -0.4 is 11.1 Å². The molecule has 0 bridgehead atoms. The molecule has 0 aromatic heterocycles. The van der Waals surface area contributed by atoms with Crippen LogP contribution in [0.15, 0.2) is 0 Å². The Morgan fingerprint density at radius 2 is 1.65 bits per heavy atom. The number of carbonyl (C=O) groups is 2. The monoisotopic (exact) mass is 244 g/mol. The SMILES string of the molecule is CCC(C)C(N)C(=O)NC(C(=O)O)C(C)CC. The zero-order chi connectivity index (χ0) is 13.6. The zero-order valence-electron chi connectivity index (χ0n) is 11.1. The van der Waals surface area contributed by atoms with Gasteiger partial charge in [0.15, 0.2) is 0 Å². The third-order valence-electron chi connectivity index (χ3n) is 3.34. The molecule has 0 aliphatic rings. The lowest BCUT2D eigenvalue weighted by Gasteiger charge is -2.24. The van der Waals surface area contributed by atoms with Gasteiger partial charge in [-0.3, -0.25) is 4.79 Å². The van der Waals surface area contributed by atoms with Crippen molar-refractivity contribution >= 4 is 11.9 Å². The summed E-state index contributed by atoms with van der Waals surface area (Å²) in [7, 11) is 0. The Balaban J connectivity index is 4.56. The van der Waals surface area contributed by atoms with Crippen molar-refractivity contribution in [2.75, 3.05) is 0 Å². The van der Waals surface area contributed by atoms with E-state index in [0.717, 1.165) is 6.42 Å². The van der Waals surface area contributed by atoms with Crippen molar-refractivity contribution in [3.8, 4) is 0 Å². The van der Waals surface area contributed by atoms with Crippen LogP contribution in [0.3, 0.4) is 0 Å². The van der Waals surface area contributed by atoms with Gasteiger partial charge in [-0.1, -0.05) is 40.5 Å². The van der Waals surface area contributed by atoms with E-state index in [9.17, 15) is 9.59 Å². The quantitative estimate of drug-likeness (QED) is 0.622. The number of rotatable bonds is 7. The second-order valence-electron chi connectivity index (χ2n) is 4.62. The first-order valence-corrected chi connectivity index (χ1v) is 6.13. The van der Waals surface area contributed by atoms with Gasteiger partial charge in [0.1, 0.15) is 6.04 Å². The standard InChI is InChI=1S/C12H24N2O3/c1-5-7(3)9(13)11(15)14-10(12(16)17)8(4)6-2/h7-10H,5-6,13H2,1-4H3,(H,14,15)(H,16,17). The molecule has 0 heterocycles. The Hall–Kier alpha value is -1.10. The van der Waals surface area contributed by atoms with Gasteiger partial charge in [-0.2, -0.15) is 0 Å². The molecule has 17 heavy (non-hydrogen) atoms. The molecule has 0 aliphatic carbocycles. The molecule has 0 aliphatic heterocycles. The van der Waals surface area contributed by atoms with Gasteiger partial charge in [-0.15, -0.1) is 0 Å². The van der Waals surface area contributed by atoms with E-state index in [1.807, 2.05) is 20.8 Å². The molecular formula is C12H24N2O3. The van der Waals surface area contributed by atoms with Crippen LogP contribution in [0.2, 0.25) is 0 Å². The van der Waals surface area contributed by atoms with Crippen LogP contribution in [-0.4, -0.2) is 29.1 Å². The molecule has 0 fully saturated rings. The number of nitrogens with one attached hydrogen (secondary N) is 1. The summed E-state index contributed by atoms with van der Waals surface area (Å²) in [4.78, 5) is 22.8. The summed E-state index contributed by atoms with van der Waals surface area (Å²) in [5.74, 6) is -1.46. The van der Waals surface area contributed by atoms with Crippen LogP contribution in [0.4, 0.5) is 0 Å². The van der Waals surface area contributed by atoms with Crippen molar-refractivity contribution in [3.05, 3.63) is 0 Å². The van der Waals surface area contributed by atoms with Crippen LogP contribution in [0.25, 0.3) is 0 Å². The molecule has 0 spiro atoms. The van der Waals surface area contributed by atoms with E-state index < -0.39 is 18.1 Å². The van der Waals surface area contributed by atoms with Crippen LogP contribution in [-0.2, 0) is 9.59 Å². The lowest BCUT2D eigenvalue weighted by Crippen LogP contribution is -2.52. The molecule has 5 heteroatoms. The van der Waals surface area contributed by atoms with Crippen LogP contribution in [0.1, 0.15) is 40.5 Å². The predicted molar refractivity (Wildman–Crippen MR) is 66.5 cm³/mol. The maximum Gasteiger partial charge on any atom is 0.326 e. The lowest BCUT2D eigenvalue weighted by molar-refractivity contribution is -0.143. The van der Waals surface area contributed by atoms with Gasteiger partial charge in [0.2, 0.25) is 5.91 Å². The summed E-state index contributed by atoms with van der Waals surface area (Å²) in [6.45, 7) is 7.51. The molecule has 100 valence electrons. The minimum Gasteiger partial charge on any atom is -0.480 e. The minimum absolute atomic E-state index is 0.0429. The highest BCUT2D eigenvalue weighted by Crippen LogP contribution is 2.10. The van der Waals surface area contributed by atoms with E-state index in [1.165, 1.54) is 0 Å². The molecule has 0 aromatic carbocycles. The molecule has 0 saturated carbocycles. The smallest absolute Gasteiger partial charge is 0.326 e. The highest BCUT2D eigenvalue weighted by Gasteiger charge is 2.28. The number of hydrogen-bond acceptors (Lipinski definition) is 3. The van der Waals surface area contributed by atoms with E-state index in [4.69, 9.17) is 10.8 Å². The van der Waals surface area contributed by atoms with E-state index in [2.05, 4.69) is 5.32 Å². The third-order valence-corrected chi connectivity index (χ3v) is 3.34. The lowest BCUT2D eigenvalue weighted by atomic mass is 9.96. The number of hydrogen-bond donors (Lipinski definition) is 3. The summed E-state index contributed by atoms with van der Waals surface area (Å²) in [6.07, 6.45) is 1.48. The fourth-order valence-electron chi connectivity index (χ4n) is 1.44. The van der Waals surface area contributed by atoms with Crippen molar-refractivity contribution in [3.63, 3.8) is 0 Å². The van der Waals surface area contributed by atoms with Crippen molar-refractivity contribution in [2.45, 2.75) is 52.6 Å². The summed E-state index contributed by atoms with van der Waals surface area (Å²) in [5, 5.41) is 11.6. The Morgan fingerprint density at radius 3 is 2.00 bits per heavy atom. The van der Waals surface area contributed by atoms with Crippen LogP contribution in [0, 0.1) is 11.8 Å². The first-order valence-electron chi connectivity index (χ1n) is 6.13.